The first kappa shape index (κ1) is 17.4. The van der Waals surface area contributed by atoms with Gasteiger partial charge in [0.15, 0.2) is 0 Å². The molecule has 0 aliphatic rings. The molecule has 0 aliphatic carbocycles. The van der Waals surface area contributed by atoms with Gasteiger partial charge < -0.3 is 10.1 Å². The fraction of sp³-hybridized carbons (Fsp3) is 0.118. The Balaban J connectivity index is 2.75. The van der Waals surface area contributed by atoms with E-state index in [2.05, 4.69) is 18.5 Å². The second-order valence-electron chi connectivity index (χ2n) is 4.20. The fourth-order valence-corrected chi connectivity index (χ4v) is 1.47. The van der Waals surface area contributed by atoms with Crippen molar-refractivity contribution in [3.63, 3.8) is 0 Å². The standard InChI is InChI=1S/C17H17F2NO2/c1-4-12(3)10-14(18)8-9-20-16-7-6-13(11-15(16)19)17(21)22-5-2/h4,6-11,20H,1,3,5H2,2H3/b9-8-,14-10+. The average Bonchev–Trinajstić information content (AvgIpc) is 2.48. The van der Waals surface area contributed by atoms with Gasteiger partial charge in [-0.2, -0.15) is 0 Å². The summed E-state index contributed by atoms with van der Waals surface area (Å²) in [4.78, 5) is 11.4. The minimum absolute atomic E-state index is 0.111. The molecule has 0 aliphatic heterocycles. The minimum atomic E-state index is -0.643. The van der Waals surface area contributed by atoms with E-state index in [9.17, 15) is 13.6 Å². The molecular weight excluding hydrogens is 288 g/mol. The molecule has 116 valence electrons. The van der Waals surface area contributed by atoms with Crippen molar-refractivity contribution in [2.24, 2.45) is 0 Å². The number of rotatable bonds is 7. The average molecular weight is 305 g/mol. The molecule has 0 atom stereocenters. The van der Waals surface area contributed by atoms with Crippen LogP contribution < -0.4 is 5.32 Å². The van der Waals surface area contributed by atoms with Gasteiger partial charge in [-0.05, 0) is 42.8 Å². The summed E-state index contributed by atoms with van der Waals surface area (Å²) in [5, 5.41) is 2.59. The number of carbonyl (C=O) groups is 1. The number of hydrogen-bond donors (Lipinski definition) is 1. The third kappa shape index (κ3) is 5.36. The van der Waals surface area contributed by atoms with Crippen LogP contribution in [0.4, 0.5) is 14.5 Å². The molecule has 0 heterocycles. The summed E-state index contributed by atoms with van der Waals surface area (Å²) in [5.74, 6) is -1.79. The lowest BCUT2D eigenvalue weighted by molar-refractivity contribution is 0.0526. The van der Waals surface area contributed by atoms with E-state index in [-0.39, 0.29) is 17.9 Å². The van der Waals surface area contributed by atoms with Crippen molar-refractivity contribution in [3.05, 3.63) is 78.6 Å². The van der Waals surface area contributed by atoms with Crippen molar-refractivity contribution < 1.29 is 18.3 Å². The molecule has 0 bridgehead atoms. The van der Waals surface area contributed by atoms with E-state index >= 15 is 0 Å². The zero-order valence-corrected chi connectivity index (χ0v) is 12.2. The molecule has 0 saturated carbocycles. The Labute approximate surface area is 128 Å². The number of hydrogen-bond acceptors (Lipinski definition) is 3. The first-order chi connectivity index (χ1) is 10.5. The smallest absolute Gasteiger partial charge is 0.338 e. The summed E-state index contributed by atoms with van der Waals surface area (Å²) in [6.07, 6.45) is 4.96. The number of halogens is 2. The van der Waals surface area contributed by atoms with Gasteiger partial charge in [0.1, 0.15) is 11.6 Å². The lowest BCUT2D eigenvalue weighted by Crippen LogP contribution is -2.05. The molecular formula is C17H17F2NO2. The lowest BCUT2D eigenvalue weighted by Gasteiger charge is -2.05. The molecule has 0 radical (unpaired) electrons. The van der Waals surface area contributed by atoms with Crippen LogP contribution in [0, 0.1) is 5.82 Å². The number of carbonyl (C=O) groups excluding carboxylic acids is 1. The van der Waals surface area contributed by atoms with E-state index in [0.717, 1.165) is 12.1 Å². The van der Waals surface area contributed by atoms with Crippen LogP contribution in [0.3, 0.4) is 0 Å². The van der Waals surface area contributed by atoms with Gasteiger partial charge in [0.2, 0.25) is 0 Å². The highest BCUT2D eigenvalue weighted by Gasteiger charge is 2.09. The zero-order valence-electron chi connectivity index (χ0n) is 12.2. The van der Waals surface area contributed by atoms with Crippen LogP contribution in [0.5, 0.6) is 0 Å². The number of nitrogens with one attached hydrogen (secondary N) is 1. The predicted molar refractivity (Wildman–Crippen MR) is 83.6 cm³/mol. The van der Waals surface area contributed by atoms with E-state index in [4.69, 9.17) is 4.74 Å². The zero-order chi connectivity index (χ0) is 16.5. The van der Waals surface area contributed by atoms with Crippen LogP contribution in [-0.2, 0) is 4.74 Å². The molecule has 0 saturated heterocycles. The number of anilines is 1. The SMILES string of the molecule is C=CC(=C)/C=C(F)\C=C/Nc1ccc(C(=O)OCC)cc1F. The van der Waals surface area contributed by atoms with Gasteiger partial charge in [-0.3, -0.25) is 0 Å². The van der Waals surface area contributed by atoms with Crippen molar-refractivity contribution in [2.45, 2.75) is 6.92 Å². The van der Waals surface area contributed by atoms with E-state index in [1.807, 2.05) is 0 Å². The monoisotopic (exact) mass is 305 g/mol. The number of benzene rings is 1. The Morgan fingerprint density at radius 1 is 1.45 bits per heavy atom. The van der Waals surface area contributed by atoms with Crippen LogP contribution in [0.1, 0.15) is 17.3 Å². The molecule has 0 spiro atoms. The molecule has 1 aromatic rings. The van der Waals surface area contributed by atoms with Gasteiger partial charge in [0.05, 0.1) is 17.9 Å². The maximum Gasteiger partial charge on any atom is 0.338 e. The highest BCUT2D eigenvalue weighted by atomic mass is 19.1. The van der Waals surface area contributed by atoms with Crippen LogP contribution in [-0.4, -0.2) is 12.6 Å². The molecule has 1 rings (SSSR count). The van der Waals surface area contributed by atoms with Gasteiger partial charge in [-0.15, -0.1) is 0 Å². The molecule has 0 unspecified atom stereocenters. The Hall–Kier alpha value is -2.69. The summed E-state index contributed by atoms with van der Waals surface area (Å²) >= 11 is 0. The quantitative estimate of drug-likeness (QED) is 0.594. The summed E-state index contributed by atoms with van der Waals surface area (Å²) < 4.78 is 31.9. The third-order valence-electron chi connectivity index (χ3n) is 2.55. The van der Waals surface area contributed by atoms with Crippen molar-refractivity contribution >= 4 is 11.7 Å². The van der Waals surface area contributed by atoms with Crippen molar-refractivity contribution in [1.82, 2.24) is 0 Å². The van der Waals surface area contributed by atoms with Gasteiger partial charge in [0, 0.05) is 6.20 Å². The highest BCUT2D eigenvalue weighted by Crippen LogP contribution is 2.17. The van der Waals surface area contributed by atoms with Gasteiger partial charge in [-0.25, -0.2) is 13.6 Å². The van der Waals surface area contributed by atoms with Crippen molar-refractivity contribution in [3.8, 4) is 0 Å². The minimum Gasteiger partial charge on any atom is -0.462 e. The second-order valence-corrected chi connectivity index (χ2v) is 4.20. The maximum absolute atomic E-state index is 13.8. The Morgan fingerprint density at radius 3 is 2.77 bits per heavy atom. The Bertz CT molecular complexity index is 634. The van der Waals surface area contributed by atoms with Crippen LogP contribution in [0.2, 0.25) is 0 Å². The Morgan fingerprint density at radius 2 is 2.18 bits per heavy atom. The van der Waals surface area contributed by atoms with Crippen LogP contribution in [0.25, 0.3) is 0 Å². The summed E-state index contributed by atoms with van der Waals surface area (Å²) in [5.41, 5.74) is 0.647. The number of esters is 1. The van der Waals surface area contributed by atoms with Gasteiger partial charge >= 0.3 is 5.97 Å². The van der Waals surface area contributed by atoms with E-state index < -0.39 is 17.6 Å². The first-order valence-electron chi connectivity index (χ1n) is 6.56. The molecule has 22 heavy (non-hydrogen) atoms. The molecule has 3 nitrogen and oxygen atoms in total. The van der Waals surface area contributed by atoms with Crippen LogP contribution >= 0.6 is 0 Å². The maximum atomic E-state index is 13.8. The highest BCUT2D eigenvalue weighted by molar-refractivity contribution is 5.89. The number of ether oxygens (including phenoxy) is 1. The molecule has 0 aromatic heterocycles. The molecule has 1 aromatic carbocycles. The van der Waals surface area contributed by atoms with E-state index in [0.29, 0.717) is 5.57 Å². The lowest BCUT2D eigenvalue weighted by atomic mass is 10.2. The van der Waals surface area contributed by atoms with Crippen molar-refractivity contribution in [1.29, 1.82) is 0 Å². The normalized spacial score (nSPS) is 11.3. The molecule has 0 fully saturated rings. The van der Waals surface area contributed by atoms with Gasteiger partial charge in [0.25, 0.3) is 0 Å². The molecule has 5 heteroatoms. The summed E-state index contributed by atoms with van der Waals surface area (Å²) in [6.45, 7) is 8.87. The number of allylic oxidation sites excluding steroid dienone is 5. The third-order valence-corrected chi connectivity index (χ3v) is 2.55. The second kappa shape index (κ2) is 8.56. The van der Waals surface area contributed by atoms with E-state index in [1.165, 1.54) is 30.5 Å². The fourth-order valence-electron chi connectivity index (χ4n) is 1.47. The predicted octanol–water partition coefficient (Wildman–Crippen LogP) is 4.52. The summed E-state index contributed by atoms with van der Waals surface area (Å²) in [6, 6.07) is 3.85. The van der Waals surface area contributed by atoms with E-state index in [1.54, 1.807) is 6.92 Å². The van der Waals surface area contributed by atoms with Crippen molar-refractivity contribution in [2.75, 3.05) is 11.9 Å². The van der Waals surface area contributed by atoms with Crippen LogP contribution in [0.15, 0.2) is 67.2 Å². The Kier molecular flexibility index (Phi) is 6.76. The topological polar surface area (TPSA) is 38.3 Å². The van der Waals surface area contributed by atoms with Gasteiger partial charge in [-0.1, -0.05) is 19.2 Å². The largest absolute Gasteiger partial charge is 0.462 e. The molecule has 1 N–H and O–H groups in total. The first-order valence-corrected chi connectivity index (χ1v) is 6.56. The molecule has 0 amide bonds. The summed E-state index contributed by atoms with van der Waals surface area (Å²) in [7, 11) is 0.